The first-order valence-electron chi connectivity index (χ1n) is 25.4. The third kappa shape index (κ3) is 45.0. The van der Waals surface area contributed by atoms with Crippen LogP contribution in [-0.2, 0) is 28.6 Å². The van der Waals surface area contributed by atoms with Gasteiger partial charge in [0.05, 0.1) is 40.3 Å². The van der Waals surface area contributed by atoms with Crippen molar-refractivity contribution in [2.45, 2.75) is 193 Å². The average Bonchev–Trinajstić information content (AvgIpc) is 3.27. The number of aliphatic carboxylic acids is 1. The van der Waals surface area contributed by atoms with E-state index in [1.807, 2.05) is 12.2 Å². The first-order chi connectivity index (χ1) is 31.6. The van der Waals surface area contributed by atoms with Gasteiger partial charge in [-0.1, -0.05) is 181 Å². The van der Waals surface area contributed by atoms with Gasteiger partial charge in [0.25, 0.3) is 0 Å². The Morgan fingerprint density at radius 2 is 0.892 bits per heavy atom. The molecular weight excluding hydrogens is 811 g/mol. The van der Waals surface area contributed by atoms with E-state index in [4.69, 9.17) is 14.2 Å². The van der Waals surface area contributed by atoms with Crippen LogP contribution < -0.4 is 5.11 Å². The smallest absolute Gasteiger partial charge is 0.306 e. The molecule has 0 aromatic heterocycles. The van der Waals surface area contributed by atoms with E-state index in [2.05, 4.69) is 111 Å². The fourth-order valence-corrected chi connectivity index (χ4v) is 6.75. The molecule has 0 fully saturated rings. The van der Waals surface area contributed by atoms with Gasteiger partial charge in [0.1, 0.15) is 12.6 Å². The molecule has 0 heterocycles. The van der Waals surface area contributed by atoms with Crippen LogP contribution >= 0.6 is 0 Å². The lowest BCUT2D eigenvalue weighted by Crippen LogP contribution is -2.55. The maximum absolute atomic E-state index is 12.7. The van der Waals surface area contributed by atoms with E-state index in [9.17, 15) is 19.5 Å². The summed E-state index contributed by atoms with van der Waals surface area (Å²) in [5.74, 6) is -1.86. The van der Waals surface area contributed by atoms with Crippen molar-refractivity contribution < 1.29 is 38.2 Å². The molecule has 0 aliphatic rings. The molecule has 0 amide bonds. The summed E-state index contributed by atoms with van der Waals surface area (Å²) < 4.78 is 17.1. The number of ether oxygens (including phenoxy) is 3. The zero-order valence-corrected chi connectivity index (χ0v) is 41.9. The Kier molecular flexibility index (Phi) is 43.6. The Morgan fingerprint density at radius 1 is 0.477 bits per heavy atom. The molecule has 0 saturated heterocycles. The lowest BCUT2D eigenvalue weighted by atomic mass is 10.1. The lowest BCUT2D eigenvalue weighted by Gasteiger charge is -2.34. The predicted molar refractivity (Wildman–Crippen MR) is 272 cm³/mol. The highest BCUT2D eigenvalue weighted by Crippen LogP contribution is 2.13. The number of hydrogen-bond acceptors (Lipinski definition) is 7. The molecule has 65 heavy (non-hydrogen) atoms. The van der Waals surface area contributed by atoms with Crippen LogP contribution in [0.25, 0.3) is 0 Å². The zero-order chi connectivity index (χ0) is 47.7. The normalized spacial score (nSPS) is 13.8. The number of rotatable bonds is 44. The van der Waals surface area contributed by atoms with Gasteiger partial charge in [0.2, 0.25) is 0 Å². The Bertz CT molecular complexity index is 1420. The van der Waals surface area contributed by atoms with Gasteiger partial charge in [-0.25, -0.2) is 0 Å². The van der Waals surface area contributed by atoms with Crippen LogP contribution in [0, 0.1) is 0 Å². The molecule has 368 valence electrons. The summed E-state index contributed by atoms with van der Waals surface area (Å²) in [7, 11) is 5.38. The molecule has 0 aliphatic heterocycles. The Balaban J connectivity index is 4.39. The van der Waals surface area contributed by atoms with E-state index in [0.29, 0.717) is 12.8 Å². The number of carboxylic acid groups (broad SMARTS) is 1. The highest BCUT2D eigenvalue weighted by atomic mass is 16.6. The summed E-state index contributed by atoms with van der Waals surface area (Å²) in [5.41, 5.74) is 0. The van der Waals surface area contributed by atoms with E-state index in [-0.39, 0.29) is 43.1 Å². The second-order valence-corrected chi connectivity index (χ2v) is 17.7. The Hall–Kier alpha value is -4.01. The summed E-state index contributed by atoms with van der Waals surface area (Å²) in [6.07, 6.45) is 64.2. The van der Waals surface area contributed by atoms with Crippen LogP contribution in [0.5, 0.6) is 0 Å². The molecule has 0 aromatic carbocycles. The van der Waals surface area contributed by atoms with Crippen molar-refractivity contribution in [2.24, 2.45) is 0 Å². The van der Waals surface area contributed by atoms with E-state index in [0.717, 1.165) is 77.0 Å². The molecule has 0 aliphatic carbocycles. The molecule has 0 bridgehead atoms. The van der Waals surface area contributed by atoms with Crippen LogP contribution in [0.15, 0.2) is 109 Å². The van der Waals surface area contributed by atoms with Crippen LogP contribution in [0.3, 0.4) is 0 Å². The molecule has 0 aromatic rings. The van der Waals surface area contributed by atoms with E-state index >= 15 is 0 Å². The Morgan fingerprint density at radius 3 is 1.34 bits per heavy atom. The quantitative estimate of drug-likeness (QED) is 0.0260. The van der Waals surface area contributed by atoms with Gasteiger partial charge in [0.15, 0.2) is 6.10 Å². The number of carbonyl (C=O) groups is 3. The van der Waals surface area contributed by atoms with Crippen molar-refractivity contribution in [3.8, 4) is 0 Å². The van der Waals surface area contributed by atoms with E-state index < -0.39 is 24.1 Å². The minimum absolute atomic E-state index is 0.00170. The number of carboxylic acids is 1. The third-order valence-corrected chi connectivity index (χ3v) is 10.7. The number of carbonyl (C=O) groups excluding carboxylic acids is 3. The largest absolute Gasteiger partial charge is 0.544 e. The predicted octanol–water partition coefficient (Wildman–Crippen LogP) is 13.5. The second-order valence-electron chi connectivity index (χ2n) is 17.7. The molecule has 2 atom stereocenters. The number of quaternary nitrogens is 1. The summed E-state index contributed by atoms with van der Waals surface area (Å²) in [6.45, 7) is 4.42. The third-order valence-electron chi connectivity index (χ3n) is 10.7. The zero-order valence-electron chi connectivity index (χ0n) is 41.9. The van der Waals surface area contributed by atoms with Gasteiger partial charge in [0, 0.05) is 19.3 Å². The topological polar surface area (TPSA) is 102 Å². The van der Waals surface area contributed by atoms with Gasteiger partial charge >= 0.3 is 11.9 Å². The first kappa shape index (κ1) is 61.0. The van der Waals surface area contributed by atoms with Gasteiger partial charge in [-0.2, -0.15) is 0 Å². The van der Waals surface area contributed by atoms with Gasteiger partial charge < -0.3 is 28.6 Å². The molecule has 0 N–H and O–H groups in total. The van der Waals surface area contributed by atoms with E-state index in [1.54, 1.807) is 21.1 Å². The standard InChI is InChI=1S/C57H93NO7/c1-6-8-10-12-14-16-18-20-22-24-26-27-28-30-31-33-35-37-39-41-43-45-47-55(59)64-52-53(51-63-50-49-54(57(61)62)58(3,4)5)65-56(60)48-46-44-42-40-38-36-34-32-29-25-23-21-19-17-15-13-11-9-7-2/h9,11,14-17,20-23,26-27,29,32,36,38,42,44,53-54H,6-8,10,12-13,18-19,24-25,28,30-31,33-35,37,39-41,43,45-52H2,1-5H3/b11-9+,16-14+,17-15+,22-20+,23-21+,27-26+,32-29+,38-36+,44-42+. The van der Waals surface area contributed by atoms with Gasteiger partial charge in [-0.05, 0) is 89.9 Å². The summed E-state index contributed by atoms with van der Waals surface area (Å²) in [6, 6.07) is -0.747. The van der Waals surface area contributed by atoms with Gasteiger partial charge in [-0.3, -0.25) is 9.59 Å². The van der Waals surface area contributed by atoms with Crippen LogP contribution in [0.1, 0.15) is 181 Å². The van der Waals surface area contributed by atoms with Crippen molar-refractivity contribution in [3.05, 3.63) is 109 Å². The number of unbranched alkanes of at least 4 members (excludes halogenated alkanes) is 12. The molecule has 0 rings (SSSR count). The number of nitrogens with zero attached hydrogens (tertiary/aromatic N) is 1. The molecule has 2 unspecified atom stereocenters. The van der Waals surface area contributed by atoms with Crippen molar-refractivity contribution >= 4 is 17.9 Å². The minimum Gasteiger partial charge on any atom is -0.544 e. The lowest BCUT2D eigenvalue weighted by molar-refractivity contribution is -0.889. The number of hydrogen-bond donors (Lipinski definition) is 0. The summed E-state index contributed by atoms with van der Waals surface area (Å²) in [5, 5.41) is 11.7. The summed E-state index contributed by atoms with van der Waals surface area (Å²) >= 11 is 0. The molecule has 0 spiro atoms. The SMILES string of the molecule is CC/C=C/C/C=C/C/C=C/C/C=C/C/C=C/C/C=C/CCC(=O)OC(COCCC(C(=O)[O-])[N+](C)(C)C)COC(=O)CCCCCCCCCCC/C=C/C/C=C/C/C=C/CCCCC. The van der Waals surface area contributed by atoms with Crippen molar-refractivity contribution in [3.63, 3.8) is 0 Å². The monoisotopic (exact) mass is 904 g/mol. The molecular formula is C57H93NO7. The number of esters is 2. The second kappa shape index (κ2) is 46.5. The molecule has 8 heteroatoms. The van der Waals surface area contributed by atoms with Crippen LogP contribution in [0.4, 0.5) is 0 Å². The Labute approximate surface area is 398 Å². The number of allylic oxidation sites excluding steroid dienone is 18. The van der Waals surface area contributed by atoms with E-state index in [1.165, 1.54) is 64.2 Å². The molecule has 0 saturated carbocycles. The van der Waals surface area contributed by atoms with Gasteiger partial charge in [-0.15, -0.1) is 0 Å². The average molecular weight is 904 g/mol. The highest BCUT2D eigenvalue weighted by Gasteiger charge is 2.25. The molecule has 8 nitrogen and oxygen atoms in total. The fourth-order valence-electron chi connectivity index (χ4n) is 6.75. The minimum atomic E-state index is -1.14. The molecule has 0 radical (unpaired) electrons. The van der Waals surface area contributed by atoms with Crippen LogP contribution in [0.2, 0.25) is 0 Å². The van der Waals surface area contributed by atoms with Crippen molar-refractivity contribution in [1.29, 1.82) is 0 Å². The number of likely N-dealkylation sites (N-methyl/N-ethyl adjacent to an activating group) is 1. The maximum atomic E-state index is 12.7. The van der Waals surface area contributed by atoms with Crippen molar-refractivity contribution in [2.75, 3.05) is 41.0 Å². The van der Waals surface area contributed by atoms with Crippen LogP contribution in [-0.4, -0.2) is 75.5 Å². The highest BCUT2D eigenvalue weighted by molar-refractivity contribution is 5.70. The first-order valence-corrected chi connectivity index (χ1v) is 25.4. The summed E-state index contributed by atoms with van der Waals surface area (Å²) in [4.78, 5) is 37.0. The maximum Gasteiger partial charge on any atom is 0.306 e. The van der Waals surface area contributed by atoms with Crippen molar-refractivity contribution in [1.82, 2.24) is 0 Å². The fraction of sp³-hybridized carbons (Fsp3) is 0.632.